The van der Waals surface area contributed by atoms with E-state index in [1.807, 2.05) is 24.1 Å². The van der Waals surface area contributed by atoms with Gasteiger partial charge in [0.05, 0.1) is 17.2 Å². The Balaban J connectivity index is 1.63. The van der Waals surface area contributed by atoms with Crippen molar-refractivity contribution in [3.05, 3.63) is 18.1 Å². The van der Waals surface area contributed by atoms with Gasteiger partial charge in [-0.25, -0.2) is 15.0 Å². The van der Waals surface area contributed by atoms with Crippen molar-refractivity contribution in [3.63, 3.8) is 0 Å². The van der Waals surface area contributed by atoms with Crippen LogP contribution in [0.2, 0.25) is 0 Å². The highest BCUT2D eigenvalue weighted by atomic mass is 32.2. The predicted molar refractivity (Wildman–Crippen MR) is 105 cm³/mol. The zero-order chi connectivity index (χ0) is 19.2. The number of carbonyl (C=O) groups excluding carboxylic acids is 1. The van der Waals surface area contributed by atoms with E-state index >= 15 is 0 Å². The predicted octanol–water partition coefficient (Wildman–Crippen LogP) is 2.84. The SMILES string of the molecule is CCCSc1ncncc1C(=O)N(C1C2CC3CC1CC(O)(C3)C2)N(C)C. The van der Waals surface area contributed by atoms with Gasteiger partial charge in [-0.1, -0.05) is 6.92 Å². The Labute approximate surface area is 165 Å². The maximum Gasteiger partial charge on any atom is 0.272 e. The molecule has 4 aliphatic carbocycles. The molecule has 6 nitrogen and oxygen atoms in total. The summed E-state index contributed by atoms with van der Waals surface area (Å²) in [6, 6.07) is 0.161. The quantitative estimate of drug-likeness (QED) is 0.458. The van der Waals surface area contributed by atoms with Crippen LogP contribution >= 0.6 is 11.8 Å². The highest BCUT2D eigenvalue weighted by molar-refractivity contribution is 7.99. The Hall–Kier alpha value is -1.18. The van der Waals surface area contributed by atoms with Gasteiger partial charge in [0.1, 0.15) is 11.4 Å². The summed E-state index contributed by atoms with van der Waals surface area (Å²) in [5, 5.41) is 15.5. The molecule has 7 heteroatoms. The van der Waals surface area contributed by atoms with Crippen molar-refractivity contribution in [1.29, 1.82) is 0 Å². The van der Waals surface area contributed by atoms with Crippen LogP contribution in [0.5, 0.6) is 0 Å². The highest BCUT2D eigenvalue weighted by Crippen LogP contribution is 2.57. The van der Waals surface area contributed by atoms with E-state index in [0.717, 1.165) is 49.3 Å². The standard InChI is InChI=1S/C20H30N4O2S/c1-4-5-27-18-16(11-21-12-22-18)19(25)24(23(2)3)17-14-6-13-7-15(17)10-20(26,8-13)9-14/h11-15,17,26H,4-10H2,1-3H3. The second-order valence-electron chi connectivity index (χ2n) is 8.77. The molecular weight excluding hydrogens is 360 g/mol. The van der Waals surface area contributed by atoms with Crippen LogP contribution in [0.3, 0.4) is 0 Å². The Bertz CT molecular complexity index is 697. The van der Waals surface area contributed by atoms with Crippen molar-refractivity contribution in [2.45, 2.75) is 62.1 Å². The summed E-state index contributed by atoms with van der Waals surface area (Å²) in [6.45, 7) is 2.13. The molecule has 2 unspecified atom stereocenters. The number of hydrogen-bond acceptors (Lipinski definition) is 6. The molecule has 1 aromatic heterocycles. The fourth-order valence-electron chi connectivity index (χ4n) is 5.84. The lowest BCUT2D eigenvalue weighted by atomic mass is 9.52. The molecule has 0 spiro atoms. The second kappa shape index (κ2) is 7.33. The van der Waals surface area contributed by atoms with Crippen LogP contribution in [0, 0.1) is 17.8 Å². The number of aliphatic hydroxyl groups is 1. The van der Waals surface area contributed by atoms with Crippen LogP contribution in [0.15, 0.2) is 17.6 Å². The average Bonchev–Trinajstić information content (AvgIpc) is 2.61. The van der Waals surface area contributed by atoms with Crippen molar-refractivity contribution in [3.8, 4) is 0 Å². The third-order valence-corrected chi connectivity index (χ3v) is 7.67. The Morgan fingerprint density at radius 1 is 1.30 bits per heavy atom. The molecule has 5 rings (SSSR count). The number of thioether (sulfide) groups is 1. The van der Waals surface area contributed by atoms with Crippen molar-refractivity contribution >= 4 is 17.7 Å². The molecule has 0 saturated heterocycles. The van der Waals surface area contributed by atoms with Crippen molar-refractivity contribution in [1.82, 2.24) is 20.0 Å². The van der Waals surface area contributed by atoms with Gasteiger partial charge in [0.15, 0.2) is 0 Å². The lowest BCUT2D eigenvalue weighted by molar-refractivity contribution is -0.176. The first-order valence-corrected chi connectivity index (χ1v) is 11.1. The van der Waals surface area contributed by atoms with Crippen LogP contribution in [0.1, 0.15) is 55.8 Å². The molecule has 4 aliphatic rings. The van der Waals surface area contributed by atoms with Crippen LogP contribution in [0.4, 0.5) is 0 Å². The molecule has 1 amide bonds. The van der Waals surface area contributed by atoms with Crippen LogP contribution in [-0.2, 0) is 0 Å². The summed E-state index contributed by atoms with van der Waals surface area (Å²) in [5.74, 6) is 2.30. The largest absolute Gasteiger partial charge is 0.390 e. The first kappa shape index (κ1) is 19.2. The molecule has 2 atom stereocenters. The molecule has 27 heavy (non-hydrogen) atoms. The van der Waals surface area contributed by atoms with Gasteiger partial charge in [-0.05, 0) is 62.0 Å². The third-order valence-electron chi connectivity index (χ3n) is 6.46. The number of nitrogens with zero attached hydrogens (tertiary/aromatic N) is 4. The van der Waals surface area contributed by atoms with E-state index < -0.39 is 5.60 Å². The first-order chi connectivity index (χ1) is 12.9. The van der Waals surface area contributed by atoms with Crippen LogP contribution in [0.25, 0.3) is 0 Å². The molecule has 1 aromatic rings. The number of carbonyl (C=O) groups is 1. The molecule has 1 heterocycles. The first-order valence-electron chi connectivity index (χ1n) is 10.1. The number of hydrogen-bond donors (Lipinski definition) is 1. The molecule has 0 radical (unpaired) electrons. The molecule has 148 valence electrons. The minimum atomic E-state index is -0.494. The second-order valence-corrected chi connectivity index (χ2v) is 9.86. The zero-order valence-corrected chi connectivity index (χ0v) is 17.3. The van der Waals surface area contributed by atoms with Crippen molar-refractivity contribution < 1.29 is 9.90 Å². The van der Waals surface area contributed by atoms with Gasteiger partial charge in [-0.15, -0.1) is 11.8 Å². The van der Waals surface area contributed by atoms with Gasteiger partial charge in [0.2, 0.25) is 0 Å². The molecule has 4 fully saturated rings. The van der Waals surface area contributed by atoms with Gasteiger partial charge in [-0.2, -0.15) is 0 Å². The van der Waals surface area contributed by atoms with E-state index in [9.17, 15) is 9.90 Å². The molecule has 4 bridgehead atoms. The highest BCUT2D eigenvalue weighted by Gasteiger charge is 2.57. The lowest BCUT2D eigenvalue weighted by Crippen LogP contribution is -2.64. The van der Waals surface area contributed by atoms with Gasteiger partial charge in [-0.3, -0.25) is 9.80 Å². The summed E-state index contributed by atoms with van der Waals surface area (Å²) < 4.78 is 0. The van der Waals surface area contributed by atoms with Gasteiger partial charge in [0.25, 0.3) is 5.91 Å². The van der Waals surface area contributed by atoms with Crippen molar-refractivity contribution in [2.75, 3.05) is 19.8 Å². The Morgan fingerprint density at radius 2 is 2.00 bits per heavy atom. The molecule has 4 saturated carbocycles. The van der Waals surface area contributed by atoms with E-state index in [0.29, 0.717) is 23.3 Å². The summed E-state index contributed by atoms with van der Waals surface area (Å²) in [7, 11) is 3.89. The zero-order valence-electron chi connectivity index (χ0n) is 16.5. The Morgan fingerprint density at radius 3 is 2.59 bits per heavy atom. The minimum absolute atomic E-state index is 0.0105. The molecule has 1 N–H and O–H groups in total. The monoisotopic (exact) mass is 390 g/mol. The van der Waals surface area contributed by atoms with Crippen LogP contribution < -0.4 is 0 Å². The van der Waals surface area contributed by atoms with Gasteiger partial charge >= 0.3 is 0 Å². The number of rotatable bonds is 6. The third kappa shape index (κ3) is 3.49. The summed E-state index contributed by atoms with van der Waals surface area (Å²) in [6.07, 6.45) is 9.07. The van der Waals surface area contributed by atoms with Gasteiger partial charge < -0.3 is 5.11 Å². The fraction of sp³-hybridized carbons (Fsp3) is 0.750. The summed E-state index contributed by atoms with van der Waals surface area (Å²) >= 11 is 1.62. The number of aromatic nitrogens is 2. The summed E-state index contributed by atoms with van der Waals surface area (Å²) in [4.78, 5) is 22.1. The normalized spacial score (nSPS) is 34.3. The average molecular weight is 391 g/mol. The van der Waals surface area contributed by atoms with E-state index in [4.69, 9.17) is 0 Å². The van der Waals surface area contributed by atoms with Gasteiger partial charge in [0, 0.05) is 20.3 Å². The number of amides is 1. The Kier molecular flexibility index (Phi) is 5.20. The minimum Gasteiger partial charge on any atom is -0.390 e. The van der Waals surface area contributed by atoms with E-state index in [-0.39, 0.29) is 11.9 Å². The summed E-state index contributed by atoms with van der Waals surface area (Å²) in [5.41, 5.74) is 0.101. The van der Waals surface area contributed by atoms with Crippen LogP contribution in [-0.4, -0.2) is 62.5 Å². The van der Waals surface area contributed by atoms with E-state index in [1.165, 1.54) is 6.33 Å². The lowest BCUT2D eigenvalue weighted by Gasteiger charge is -2.60. The van der Waals surface area contributed by atoms with E-state index in [2.05, 4.69) is 16.9 Å². The molecular formula is C20H30N4O2S. The molecule has 0 aliphatic heterocycles. The van der Waals surface area contributed by atoms with E-state index in [1.54, 1.807) is 18.0 Å². The molecule has 0 aromatic carbocycles. The van der Waals surface area contributed by atoms with Crippen molar-refractivity contribution in [2.24, 2.45) is 17.8 Å². The smallest absolute Gasteiger partial charge is 0.272 e. The fourth-order valence-corrected chi connectivity index (χ4v) is 6.65. The number of hydrazine groups is 1. The maximum absolute atomic E-state index is 13.6. The topological polar surface area (TPSA) is 69.6 Å². The maximum atomic E-state index is 13.6.